The molecule has 4 N–H and O–H groups in total. The normalized spacial score (nSPS) is 11.1. The number of rotatable bonds is 9. The molecule has 0 aliphatic carbocycles. The molecule has 0 saturated heterocycles. The highest BCUT2D eigenvalue weighted by Gasteiger charge is 2.13. The molecule has 0 atom stereocenters. The van der Waals surface area contributed by atoms with Gasteiger partial charge in [-0.2, -0.15) is 0 Å². The Labute approximate surface area is 181 Å². The van der Waals surface area contributed by atoms with Gasteiger partial charge in [-0.3, -0.25) is 14.4 Å². The summed E-state index contributed by atoms with van der Waals surface area (Å²) in [6, 6.07) is 16.2. The number of hydrogen-bond acceptors (Lipinski definition) is 6. The minimum Gasteiger partial charge on any atom is -0.455 e. The second-order valence-electron chi connectivity index (χ2n) is 6.88. The van der Waals surface area contributed by atoms with Gasteiger partial charge < -0.3 is 26.1 Å². The molecular weight excluding hydrogens is 396 g/mol. The molecule has 0 aromatic heterocycles. The molecule has 162 valence electrons. The Bertz CT molecular complexity index is 1000. The zero-order valence-electron chi connectivity index (χ0n) is 17.7. The summed E-state index contributed by atoms with van der Waals surface area (Å²) >= 11 is 0. The van der Waals surface area contributed by atoms with E-state index in [0.29, 0.717) is 22.6 Å². The third-order valence-corrected chi connectivity index (χ3v) is 4.08. The number of carbonyl (C=O) groups excluding carboxylic acids is 3. The van der Waals surface area contributed by atoms with Gasteiger partial charge in [0, 0.05) is 24.0 Å². The SMILES string of the molecule is CC(=N)/C(NC(=O)COC(=O)Cc1cccc(NC(C)=O)c1)=C(/C)Nc1ccccc1. The zero-order valence-corrected chi connectivity index (χ0v) is 17.7. The highest BCUT2D eigenvalue weighted by Crippen LogP contribution is 2.13. The molecule has 0 spiro atoms. The molecule has 0 aliphatic heterocycles. The van der Waals surface area contributed by atoms with Gasteiger partial charge in [0.05, 0.1) is 17.8 Å². The van der Waals surface area contributed by atoms with Crippen LogP contribution in [0.1, 0.15) is 26.3 Å². The fourth-order valence-electron chi connectivity index (χ4n) is 2.77. The van der Waals surface area contributed by atoms with Crippen LogP contribution in [0.2, 0.25) is 0 Å². The number of nitrogens with one attached hydrogen (secondary N) is 4. The fourth-order valence-corrected chi connectivity index (χ4v) is 2.77. The number of hydrogen-bond donors (Lipinski definition) is 4. The smallest absolute Gasteiger partial charge is 0.310 e. The number of allylic oxidation sites excluding steroid dienone is 2. The molecule has 0 fully saturated rings. The monoisotopic (exact) mass is 422 g/mol. The van der Waals surface area contributed by atoms with Crippen LogP contribution in [0.5, 0.6) is 0 Å². The Morgan fingerprint density at radius 1 is 0.903 bits per heavy atom. The van der Waals surface area contributed by atoms with Gasteiger partial charge in [-0.05, 0) is 43.7 Å². The number of anilines is 2. The Hall–Kier alpha value is -3.94. The number of amides is 2. The molecule has 2 rings (SSSR count). The van der Waals surface area contributed by atoms with Gasteiger partial charge in [0.2, 0.25) is 5.91 Å². The number of esters is 1. The van der Waals surface area contributed by atoms with Crippen molar-refractivity contribution in [2.24, 2.45) is 0 Å². The predicted octanol–water partition coefficient (Wildman–Crippen LogP) is 3.23. The number of ether oxygens (including phenoxy) is 1. The first kappa shape index (κ1) is 23.3. The quantitative estimate of drug-likeness (QED) is 0.365. The van der Waals surface area contributed by atoms with Gasteiger partial charge in [0.1, 0.15) is 0 Å². The van der Waals surface area contributed by atoms with Crippen molar-refractivity contribution in [1.29, 1.82) is 5.41 Å². The number of para-hydroxylation sites is 1. The van der Waals surface area contributed by atoms with Crippen molar-refractivity contribution in [3.63, 3.8) is 0 Å². The molecule has 8 nitrogen and oxygen atoms in total. The van der Waals surface area contributed by atoms with Crippen molar-refractivity contribution in [1.82, 2.24) is 5.32 Å². The second-order valence-corrected chi connectivity index (χ2v) is 6.88. The maximum atomic E-state index is 12.3. The largest absolute Gasteiger partial charge is 0.455 e. The van der Waals surface area contributed by atoms with Gasteiger partial charge in [0.15, 0.2) is 6.61 Å². The van der Waals surface area contributed by atoms with Gasteiger partial charge in [-0.1, -0.05) is 30.3 Å². The minimum atomic E-state index is -0.577. The average Bonchev–Trinajstić information content (AvgIpc) is 2.70. The van der Waals surface area contributed by atoms with Crippen LogP contribution in [0.3, 0.4) is 0 Å². The average molecular weight is 422 g/mol. The van der Waals surface area contributed by atoms with E-state index in [1.165, 1.54) is 6.92 Å². The maximum absolute atomic E-state index is 12.3. The van der Waals surface area contributed by atoms with Crippen LogP contribution in [0, 0.1) is 5.41 Å². The summed E-state index contributed by atoms with van der Waals surface area (Å²) < 4.78 is 5.06. The summed E-state index contributed by atoms with van der Waals surface area (Å²) in [5.74, 6) is -1.33. The van der Waals surface area contributed by atoms with Gasteiger partial charge >= 0.3 is 5.97 Å². The Kier molecular flexibility index (Phi) is 8.51. The lowest BCUT2D eigenvalue weighted by molar-refractivity contribution is -0.147. The summed E-state index contributed by atoms with van der Waals surface area (Å²) in [6.07, 6.45) is -0.0401. The standard InChI is InChI=1S/C23H26N4O4/c1-15(24)23(16(2)25-19-9-5-4-6-10-19)27-21(29)14-31-22(30)13-18-8-7-11-20(12-18)26-17(3)28/h4-12,24-25H,13-14H2,1-3H3,(H,26,28)(H,27,29)/b23-16+,24-15?. The summed E-state index contributed by atoms with van der Waals surface area (Å²) in [7, 11) is 0. The van der Waals surface area contributed by atoms with Crippen LogP contribution in [-0.2, 0) is 25.5 Å². The number of carbonyl (C=O) groups is 3. The highest BCUT2D eigenvalue weighted by molar-refractivity contribution is 6.00. The van der Waals surface area contributed by atoms with Crippen molar-refractivity contribution in [2.45, 2.75) is 27.2 Å². The molecule has 31 heavy (non-hydrogen) atoms. The lowest BCUT2D eigenvalue weighted by atomic mass is 10.1. The van der Waals surface area contributed by atoms with Gasteiger partial charge in [-0.15, -0.1) is 0 Å². The van der Waals surface area contributed by atoms with E-state index in [1.54, 1.807) is 38.1 Å². The molecule has 2 aromatic rings. The van der Waals surface area contributed by atoms with Crippen LogP contribution < -0.4 is 16.0 Å². The van der Waals surface area contributed by atoms with E-state index < -0.39 is 18.5 Å². The van der Waals surface area contributed by atoms with Crippen molar-refractivity contribution >= 4 is 34.9 Å². The molecule has 2 amide bonds. The van der Waals surface area contributed by atoms with E-state index in [4.69, 9.17) is 10.1 Å². The topological polar surface area (TPSA) is 120 Å². The molecule has 0 radical (unpaired) electrons. The van der Waals surface area contributed by atoms with Crippen LogP contribution >= 0.6 is 0 Å². The van der Waals surface area contributed by atoms with E-state index in [-0.39, 0.29) is 18.0 Å². The van der Waals surface area contributed by atoms with Crippen molar-refractivity contribution in [3.05, 3.63) is 71.6 Å². The molecular formula is C23H26N4O4. The first-order chi connectivity index (χ1) is 14.7. The van der Waals surface area contributed by atoms with Crippen LogP contribution in [-0.4, -0.2) is 30.1 Å². The zero-order chi connectivity index (χ0) is 22.8. The molecule has 0 bridgehead atoms. The Morgan fingerprint density at radius 3 is 2.23 bits per heavy atom. The molecule has 0 saturated carbocycles. The van der Waals surface area contributed by atoms with Crippen molar-refractivity contribution in [3.8, 4) is 0 Å². The lowest BCUT2D eigenvalue weighted by Gasteiger charge is -2.15. The second kappa shape index (κ2) is 11.3. The Balaban J connectivity index is 1.91. The van der Waals surface area contributed by atoms with Gasteiger partial charge in [0.25, 0.3) is 5.91 Å². The summed E-state index contributed by atoms with van der Waals surface area (Å²) in [5, 5.41) is 16.3. The fraction of sp³-hybridized carbons (Fsp3) is 0.217. The van der Waals surface area contributed by atoms with Crippen LogP contribution in [0.25, 0.3) is 0 Å². The lowest BCUT2D eigenvalue weighted by Crippen LogP contribution is -2.32. The number of benzene rings is 2. The third-order valence-electron chi connectivity index (χ3n) is 4.08. The summed E-state index contributed by atoms with van der Waals surface area (Å²) in [6.45, 7) is 4.23. The van der Waals surface area contributed by atoms with Crippen molar-refractivity contribution < 1.29 is 19.1 Å². The van der Waals surface area contributed by atoms with E-state index in [2.05, 4.69) is 16.0 Å². The Morgan fingerprint density at radius 2 is 1.58 bits per heavy atom. The molecule has 0 unspecified atom stereocenters. The molecule has 8 heteroatoms. The van der Waals surface area contributed by atoms with Crippen LogP contribution in [0.15, 0.2) is 66.0 Å². The first-order valence-corrected chi connectivity index (χ1v) is 9.65. The highest BCUT2D eigenvalue weighted by atomic mass is 16.5. The summed E-state index contributed by atoms with van der Waals surface area (Å²) in [4.78, 5) is 35.5. The van der Waals surface area contributed by atoms with Gasteiger partial charge in [-0.25, -0.2) is 0 Å². The van der Waals surface area contributed by atoms with E-state index in [0.717, 1.165) is 5.69 Å². The molecule has 2 aromatic carbocycles. The van der Waals surface area contributed by atoms with E-state index in [9.17, 15) is 14.4 Å². The molecule has 0 heterocycles. The molecule has 0 aliphatic rings. The predicted molar refractivity (Wildman–Crippen MR) is 120 cm³/mol. The van der Waals surface area contributed by atoms with E-state index >= 15 is 0 Å². The minimum absolute atomic E-state index is 0.0401. The first-order valence-electron chi connectivity index (χ1n) is 9.65. The maximum Gasteiger partial charge on any atom is 0.310 e. The third kappa shape index (κ3) is 8.14. The van der Waals surface area contributed by atoms with E-state index in [1.807, 2.05) is 30.3 Å². The van der Waals surface area contributed by atoms with Crippen LogP contribution in [0.4, 0.5) is 11.4 Å². The summed E-state index contributed by atoms with van der Waals surface area (Å²) in [5.41, 5.74) is 3.11. The van der Waals surface area contributed by atoms with Crippen molar-refractivity contribution in [2.75, 3.05) is 17.2 Å².